The third-order valence-electron chi connectivity index (χ3n) is 2.43. The van der Waals surface area contributed by atoms with Crippen LogP contribution in [0.1, 0.15) is 24.2 Å². The molecule has 2 unspecified atom stereocenters. The van der Waals surface area contributed by atoms with Gasteiger partial charge in [0.2, 0.25) is 0 Å². The molecule has 0 heterocycles. The van der Waals surface area contributed by atoms with Crippen LogP contribution in [0.15, 0.2) is 22.7 Å². The van der Waals surface area contributed by atoms with Crippen LogP contribution in [0.3, 0.4) is 0 Å². The molecule has 0 amide bonds. The molecule has 0 aromatic heterocycles. The smallest absolute Gasteiger partial charge is 0.0827 e. The fraction of sp³-hybridized carbons (Fsp3) is 0.455. The Labute approximate surface area is 93.3 Å². The van der Waals surface area contributed by atoms with Crippen LogP contribution in [0.2, 0.25) is 0 Å². The molecule has 3 heteroatoms. The molecule has 0 saturated carbocycles. The van der Waals surface area contributed by atoms with Gasteiger partial charge in [-0.3, -0.25) is 0 Å². The molecule has 0 aliphatic rings. The van der Waals surface area contributed by atoms with Crippen molar-refractivity contribution in [2.75, 3.05) is 6.54 Å². The average Bonchev–Trinajstić information content (AvgIpc) is 2.20. The second-order valence-electron chi connectivity index (χ2n) is 3.67. The van der Waals surface area contributed by atoms with Gasteiger partial charge in [0, 0.05) is 4.47 Å². The van der Waals surface area contributed by atoms with Crippen LogP contribution >= 0.6 is 15.9 Å². The minimum Gasteiger partial charge on any atom is -0.388 e. The summed E-state index contributed by atoms with van der Waals surface area (Å²) in [6.45, 7) is 4.45. The van der Waals surface area contributed by atoms with Gasteiger partial charge in [0.15, 0.2) is 0 Å². The van der Waals surface area contributed by atoms with Crippen LogP contribution in [0.5, 0.6) is 0 Å². The summed E-state index contributed by atoms with van der Waals surface area (Å²) >= 11 is 3.43. The SMILES string of the molecule is Cc1cc(C(O)C(C)CN)ccc1Br. The lowest BCUT2D eigenvalue weighted by Gasteiger charge is -2.18. The van der Waals surface area contributed by atoms with E-state index in [0.717, 1.165) is 15.6 Å². The number of hydrogen-bond acceptors (Lipinski definition) is 2. The Morgan fingerprint density at radius 1 is 1.50 bits per heavy atom. The van der Waals surface area contributed by atoms with Crippen molar-refractivity contribution >= 4 is 15.9 Å². The van der Waals surface area contributed by atoms with Crippen LogP contribution in [-0.2, 0) is 0 Å². The molecule has 0 radical (unpaired) electrons. The van der Waals surface area contributed by atoms with E-state index in [2.05, 4.69) is 15.9 Å². The molecule has 14 heavy (non-hydrogen) atoms. The molecule has 2 nitrogen and oxygen atoms in total. The van der Waals surface area contributed by atoms with Crippen molar-refractivity contribution in [2.45, 2.75) is 20.0 Å². The molecule has 0 saturated heterocycles. The predicted octanol–water partition coefficient (Wildman–Crippen LogP) is 2.39. The molecule has 0 spiro atoms. The van der Waals surface area contributed by atoms with Crippen LogP contribution in [0.4, 0.5) is 0 Å². The Balaban J connectivity index is 2.91. The second-order valence-corrected chi connectivity index (χ2v) is 4.52. The summed E-state index contributed by atoms with van der Waals surface area (Å²) < 4.78 is 1.06. The van der Waals surface area contributed by atoms with Gasteiger partial charge in [0.05, 0.1) is 6.10 Å². The van der Waals surface area contributed by atoms with Gasteiger partial charge in [-0.05, 0) is 36.6 Å². The Morgan fingerprint density at radius 2 is 2.14 bits per heavy atom. The minimum absolute atomic E-state index is 0.0931. The van der Waals surface area contributed by atoms with Crippen LogP contribution in [0.25, 0.3) is 0 Å². The van der Waals surface area contributed by atoms with Gasteiger partial charge < -0.3 is 10.8 Å². The van der Waals surface area contributed by atoms with E-state index >= 15 is 0 Å². The van der Waals surface area contributed by atoms with Crippen molar-refractivity contribution in [1.29, 1.82) is 0 Å². The largest absolute Gasteiger partial charge is 0.388 e. The summed E-state index contributed by atoms with van der Waals surface area (Å²) in [6, 6.07) is 5.87. The number of halogens is 1. The van der Waals surface area contributed by atoms with Gasteiger partial charge in [0.1, 0.15) is 0 Å². The summed E-state index contributed by atoms with van der Waals surface area (Å²) in [5, 5.41) is 9.91. The van der Waals surface area contributed by atoms with Crippen molar-refractivity contribution in [1.82, 2.24) is 0 Å². The summed E-state index contributed by atoms with van der Waals surface area (Å²) in [4.78, 5) is 0. The number of rotatable bonds is 3. The van der Waals surface area contributed by atoms with Gasteiger partial charge in [-0.15, -0.1) is 0 Å². The highest BCUT2D eigenvalue weighted by molar-refractivity contribution is 9.10. The molecular weight excluding hydrogens is 242 g/mol. The van der Waals surface area contributed by atoms with Gasteiger partial charge in [-0.25, -0.2) is 0 Å². The van der Waals surface area contributed by atoms with E-state index < -0.39 is 6.10 Å². The lowest BCUT2D eigenvalue weighted by atomic mass is 9.96. The van der Waals surface area contributed by atoms with Gasteiger partial charge in [-0.1, -0.05) is 35.0 Å². The molecule has 3 N–H and O–H groups in total. The molecule has 1 aromatic carbocycles. The van der Waals surface area contributed by atoms with E-state index in [9.17, 15) is 5.11 Å². The van der Waals surface area contributed by atoms with Crippen LogP contribution in [-0.4, -0.2) is 11.7 Å². The Hall–Kier alpha value is -0.380. The predicted molar refractivity (Wildman–Crippen MR) is 62.1 cm³/mol. The summed E-state index contributed by atoms with van der Waals surface area (Å²) in [7, 11) is 0. The average molecular weight is 258 g/mol. The number of nitrogens with two attached hydrogens (primary N) is 1. The summed E-state index contributed by atoms with van der Waals surface area (Å²) in [5.41, 5.74) is 7.57. The lowest BCUT2D eigenvalue weighted by Crippen LogP contribution is -2.18. The van der Waals surface area contributed by atoms with Crippen molar-refractivity contribution in [3.63, 3.8) is 0 Å². The van der Waals surface area contributed by atoms with E-state index in [4.69, 9.17) is 5.73 Å². The summed E-state index contributed by atoms with van der Waals surface area (Å²) in [5.74, 6) is 0.0931. The van der Waals surface area contributed by atoms with E-state index in [-0.39, 0.29) is 5.92 Å². The van der Waals surface area contributed by atoms with E-state index in [1.165, 1.54) is 0 Å². The van der Waals surface area contributed by atoms with Crippen molar-refractivity contribution < 1.29 is 5.11 Å². The van der Waals surface area contributed by atoms with Gasteiger partial charge in [0.25, 0.3) is 0 Å². The molecule has 78 valence electrons. The first-order valence-corrected chi connectivity index (χ1v) is 5.49. The fourth-order valence-electron chi connectivity index (χ4n) is 1.31. The Kier molecular flexibility index (Phi) is 4.11. The van der Waals surface area contributed by atoms with Crippen molar-refractivity contribution in [3.8, 4) is 0 Å². The molecular formula is C11H16BrNO. The normalized spacial score (nSPS) is 15.2. The van der Waals surface area contributed by atoms with Crippen LogP contribution in [0, 0.1) is 12.8 Å². The molecule has 1 aromatic rings. The maximum absolute atomic E-state index is 9.91. The number of aliphatic hydroxyl groups is 1. The highest BCUT2D eigenvalue weighted by Gasteiger charge is 2.15. The number of benzene rings is 1. The molecule has 1 rings (SSSR count). The van der Waals surface area contributed by atoms with Gasteiger partial charge >= 0.3 is 0 Å². The molecule has 0 bridgehead atoms. The van der Waals surface area contributed by atoms with E-state index in [0.29, 0.717) is 6.54 Å². The summed E-state index contributed by atoms with van der Waals surface area (Å²) in [6.07, 6.45) is -0.466. The second kappa shape index (κ2) is 4.91. The number of hydrogen-bond donors (Lipinski definition) is 2. The maximum atomic E-state index is 9.91. The zero-order valence-corrected chi connectivity index (χ0v) is 10.1. The standard InChI is InChI=1S/C11H16BrNO/c1-7-5-9(3-4-10(7)12)11(14)8(2)6-13/h3-5,8,11,14H,6,13H2,1-2H3. The van der Waals surface area contributed by atoms with E-state index in [1.54, 1.807) is 0 Å². The topological polar surface area (TPSA) is 46.2 Å². The highest BCUT2D eigenvalue weighted by atomic mass is 79.9. The van der Waals surface area contributed by atoms with E-state index in [1.807, 2.05) is 32.0 Å². The third-order valence-corrected chi connectivity index (χ3v) is 3.32. The van der Waals surface area contributed by atoms with Gasteiger partial charge in [-0.2, -0.15) is 0 Å². The van der Waals surface area contributed by atoms with Crippen LogP contribution < -0.4 is 5.73 Å². The zero-order valence-electron chi connectivity index (χ0n) is 8.50. The number of aliphatic hydroxyl groups excluding tert-OH is 1. The first-order chi connectivity index (χ1) is 6.56. The molecule has 0 fully saturated rings. The van der Waals surface area contributed by atoms with Crippen molar-refractivity contribution in [3.05, 3.63) is 33.8 Å². The molecule has 0 aliphatic carbocycles. The minimum atomic E-state index is -0.466. The fourth-order valence-corrected chi connectivity index (χ4v) is 1.56. The monoisotopic (exact) mass is 257 g/mol. The number of aryl methyl sites for hydroxylation is 1. The molecule has 2 atom stereocenters. The molecule has 0 aliphatic heterocycles. The Bertz CT molecular complexity index is 314. The first kappa shape index (κ1) is 11.7. The van der Waals surface area contributed by atoms with Crippen molar-refractivity contribution in [2.24, 2.45) is 11.7 Å². The third kappa shape index (κ3) is 2.56. The zero-order chi connectivity index (χ0) is 10.7. The maximum Gasteiger partial charge on any atom is 0.0827 e. The Morgan fingerprint density at radius 3 is 2.64 bits per heavy atom. The highest BCUT2D eigenvalue weighted by Crippen LogP contribution is 2.25. The lowest BCUT2D eigenvalue weighted by molar-refractivity contribution is 0.121. The first-order valence-electron chi connectivity index (χ1n) is 4.70. The quantitative estimate of drug-likeness (QED) is 0.874.